The van der Waals surface area contributed by atoms with Gasteiger partial charge in [-0.3, -0.25) is 0 Å². The molecule has 2 N–H and O–H groups in total. The molecule has 1 aliphatic rings. The van der Waals surface area contributed by atoms with Gasteiger partial charge in [0.25, 0.3) is 0 Å². The van der Waals surface area contributed by atoms with Crippen molar-refractivity contribution in [2.24, 2.45) is 5.73 Å². The Bertz CT molecular complexity index is 377. The molecule has 1 heterocycles. The van der Waals surface area contributed by atoms with Crippen LogP contribution in [0.1, 0.15) is 50.6 Å². The summed E-state index contributed by atoms with van der Waals surface area (Å²) in [4.78, 5) is 2.64. The van der Waals surface area contributed by atoms with Crippen molar-refractivity contribution in [3.63, 3.8) is 0 Å². The summed E-state index contributed by atoms with van der Waals surface area (Å²) in [6.07, 6.45) is 6.44. The van der Waals surface area contributed by atoms with Crippen molar-refractivity contribution in [2.45, 2.75) is 51.1 Å². The van der Waals surface area contributed by atoms with Gasteiger partial charge < -0.3 is 10.6 Å². The monoisotopic (exact) mass is 324 g/mol. The van der Waals surface area contributed by atoms with Crippen LogP contribution in [0.15, 0.2) is 28.7 Å². The summed E-state index contributed by atoms with van der Waals surface area (Å²) in [5.74, 6) is 0. The number of likely N-dealkylation sites (tertiary alicyclic amines) is 1. The van der Waals surface area contributed by atoms with Crippen LogP contribution in [0, 0.1) is 0 Å². The van der Waals surface area contributed by atoms with E-state index in [2.05, 4.69) is 52.0 Å². The van der Waals surface area contributed by atoms with E-state index in [1.807, 2.05) is 0 Å². The minimum absolute atomic E-state index is 0.160. The van der Waals surface area contributed by atoms with Crippen molar-refractivity contribution in [1.29, 1.82) is 0 Å². The molecule has 2 unspecified atom stereocenters. The van der Waals surface area contributed by atoms with E-state index in [1.165, 1.54) is 37.8 Å². The van der Waals surface area contributed by atoms with Crippen molar-refractivity contribution in [3.8, 4) is 0 Å². The van der Waals surface area contributed by atoms with E-state index < -0.39 is 0 Å². The fourth-order valence-electron chi connectivity index (χ4n) is 3.00. The van der Waals surface area contributed by atoms with Gasteiger partial charge in [-0.15, -0.1) is 0 Å². The van der Waals surface area contributed by atoms with E-state index in [0.717, 1.165) is 23.5 Å². The zero-order valence-corrected chi connectivity index (χ0v) is 13.4. The summed E-state index contributed by atoms with van der Waals surface area (Å²) in [5.41, 5.74) is 7.55. The predicted octanol–water partition coefficient (Wildman–Crippen LogP) is 4.10. The minimum Gasteiger partial charge on any atom is -0.324 e. The number of nitrogens with zero attached hydrogens (tertiary/aromatic N) is 1. The van der Waals surface area contributed by atoms with Gasteiger partial charge in [0.1, 0.15) is 0 Å². The standard InChI is InChI=1S/C16H25BrN2/c1-2-15-5-3-4-11-19(15)12-10-16(18)13-6-8-14(17)9-7-13/h6-9,15-16H,2-5,10-12,18H2,1H3. The second-order valence-corrected chi connectivity index (χ2v) is 6.46. The molecule has 1 aromatic rings. The van der Waals surface area contributed by atoms with E-state index in [9.17, 15) is 0 Å². The number of benzene rings is 1. The predicted molar refractivity (Wildman–Crippen MR) is 85.2 cm³/mol. The Balaban J connectivity index is 1.85. The summed E-state index contributed by atoms with van der Waals surface area (Å²) < 4.78 is 1.12. The van der Waals surface area contributed by atoms with E-state index in [4.69, 9.17) is 5.73 Å². The van der Waals surface area contributed by atoms with Crippen LogP contribution in [0.4, 0.5) is 0 Å². The smallest absolute Gasteiger partial charge is 0.0307 e. The second kappa shape index (κ2) is 7.41. The van der Waals surface area contributed by atoms with Crippen LogP contribution in [0.5, 0.6) is 0 Å². The first-order chi connectivity index (χ1) is 9.20. The van der Waals surface area contributed by atoms with E-state index in [0.29, 0.717) is 0 Å². The van der Waals surface area contributed by atoms with Crippen LogP contribution in [0.25, 0.3) is 0 Å². The first-order valence-corrected chi connectivity index (χ1v) is 8.25. The Morgan fingerprint density at radius 1 is 1.32 bits per heavy atom. The molecule has 0 amide bonds. The maximum atomic E-state index is 6.31. The number of piperidine rings is 1. The zero-order chi connectivity index (χ0) is 13.7. The zero-order valence-electron chi connectivity index (χ0n) is 11.8. The molecule has 2 nitrogen and oxygen atoms in total. The lowest BCUT2D eigenvalue weighted by atomic mass is 9.98. The number of hydrogen-bond donors (Lipinski definition) is 1. The molecule has 1 aromatic carbocycles. The first-order valence-electron chi connectivity index (χ1n) is 7.45. The molecule has 0 aliphatic carbocycles. The van der Waals surface area contributed by atoms with Crippen LogP contribution in [-0.2, 0) is 0 Å². The van der Waals surface area contributed by atoms with Crippen LogP contribution < -0.4 is 5.73 Å². The summed E-state index contributed by atoms with van der Waals surface area (Å²) in [7, 11) is 0. The molecule has 0 aromatic heterocycles. The molecule has 0 saturated carbocycles. The third-order valence-electron chi connectivity index (χ3n) is 4.25. The summed E-state index contributed by atoms with van der Waals surface area (Å²) in [6.45, 7) is 4.69. The van der Waals surface area contributed by atoms with Crippen molar-refractivity contribution in [3.05, 3.63) is 34.3 Å². The van der Waals surface area contributed by atoms with Gasteiger partial charge in [-0.25, -0.2) is 0 Å². The molecular weight excluding hydrogens is 300 g/mol. The van der Waals surface area contributed by atoms with Gasteiger partial charge in [-0.2, -0.15) is 0 Å². The fraction of sp³-hybridized carbons (Fsp3) is 0.625. The minimum atomic E-state index is 0.160. The van der Waals surface area contributed by atoms with E-state index in [1.54, 1.807) is 0 Å². The van der Waals surface area contributed by atoms with Gasteiger partial charge >= 0.3 is 0 Å². The van der Waals surface area contributed by atoms with Crippen LogP contribution in [-0.4, -0.2) is 24.0 Å². The normalized spacial score (nSPS) is 22.4. The van der Waals surface area contributed by atoms with Gasteiger partial charge in [0.2, 0.25) is 0 Å². The summed E-state index contributed by atoms with van der Waals surface area (Å²) >= 11 is 3.46. The van der Waals surface area contributed by atoms with Crippen molar-refractivity contribution in [1.82, 2.24) is 4.90 Å². The molecule has 106 valence electrons. The topological polar surface area (TPSA) is 29.3 Å². The molecule has 1 aliphatic heterocycles. The molecule has 1 saturated heterocycles. The second-order valence-electron chi connectivity index (χ2n) is 5.54. The van der Waals surface area contributed by atoms with Gasteiger partial charge in [0, 0.05) is 23.1 Å². The Morgan fingerprint density at radius 3 is 2.74 bits per heavy atom. The van der Waals surface area contributed by atoms with Crippen LogP contribution in [0.3, 0.4) is 0 Å². The fourth-order valence-corrected chi connectivity index (χ4v) is 3.26. The highest BCUT2D eigenvalue weighted by molar-refractivity contribution is 9.10. The summed E-state index contributed by atoms with van der Waals surface area (Å²) in [5, 5.41) is 0. The van der Waals surface area contributed by atoms with Crippen LogP contribution in [0.2, 0.25) is 0 Å². The number of halogens is 1. The third-order valence-corrected chi connectivity index (χ3v) is 4.77. The Kier molecular flexibility index (Phi) is 5.86. The lowest BCUT2D eigenvalue weighted by molar-refractivity contribution is 0.139. The van der Waals surface area contributed by atoms with Gasteiger partial charge in [-0.1, -0.05) is 41.4 Å². The highest BCUT2D eigenvalue weighted by Crippen LogP contribution is 2.22. The average Bonchev–Trinajstić information content (AvgIpc) is 2.45. The number of nitrogens with two attached hydrogens (primary N) is 1. The highest BCUT2D eigenvalue weighted by Gasteiger charge is 2.21. The summed E-state index contributed by atoms with van der Waals surface area (Å²) in [6, 6.07) is 9.35. The van der Waals surface area contributed by atoms with Gasteiger partial charge in [-0.05, 0) is 49.9 Å². The Morgan fingerprint density at radius 2 is 2.05 bits per heavy atom. The van der Waals surface area contributed by atoms with E-state index >= 15 is 0 Å². The van der Waals surface area contributed by atoms with Gasteiger partial charge in [0.05, 0.1) is 0 Å². The lowest BCUT2D eigenvalue weighted by Crippen LogP contribution is -2.40. The molecule has 19 heavy (non-hydrogen) atoms. The van der Waals surface area contributed by atoms with E-state index in [-0.39, 0.29) is 6.04 Å². The maximum Gasteiger partial charge on any atom is 0.0307 e. The largest absolute Gasteiger partial charge is 0.324 e. The first kappa shape index (κ1) is 15.0. The Labute approximate surface area is 125 Å². The Hall–Kier alpha value is -0.380. The van der Waals surface area contributed by atoms with Crippen molar-refractivity contribution in [2.75, 3.05) is 13.1 Å². The quantitative estimate of drug-likeness (QED) is 0.883. The van der Waals surface area contributed by atoms with Gasteiger partial charge in [0.15, 0.2) is 0 Å². The molecule has 3 heteroatoms. The highest BCUT2D eigenvalue weighted by atomic mass is 79.9. The van der Waals surface area contributed by atoms with Crippen molar-refractivity contribution < 1.29 is 0 Å². The lowest BCUT2D eigenvalue weighted by Gasteiger charge is -2.35. The molecule has 0 spiro atoms. The third kappa shape index (κ3) is 4.30. The number of hydrogen-bond acceptors (Lipinski definition) is 2. The van der Waals surface area contributed by atoms with Crippen LogP contribution >= 0.6 is 15.9 Å². The van der Waals surface area contributed by atoms with Crippen molar-refractivity contribution >= 4 is 15.9 Å². The average molecular weight is 325 g/mol. The maximum absolute atomic E-state index is 6.31. The molecular formula is C16H25BrN2. The SMILES string of the molecule is CCC1CCCCN1CCC(N)c1ccc(Br)cc1. The molecule has 2 rings (SSSR count). The molecule has 2 atom stereocenters. The molecule has 0 radical (unpaired) electrons. The number of rotatable bonds is 5. The molecule has 0 bridgehead atoms. The molecule has 1 fully saturated rings.